The maximum Gasteiger partial charge on any atom is 0.233 e. The van der Waals surface area contributed by atoms with E-state index in [0.717, 1.165) is 31.4 Å². The Balaban J connectivity index is 1.17. The predicted molar refractivity (Wildman–Crippen MR) is 135 cm³/mol. The third kappa shape index (κ3) is 7.86. The van der Waals surface area contributed by atoms with E-state index < -0.39 is 0 Å². The summed E-state index contributed by atoms with van der Waals surface area (Å²) in [6.07, 6.45) is 4.45. The average Bonchev–Trinajstić information content (AvgIpc) is 3.04. The highest BCUT2D eigenvalue weighted by Gasteiger charge is 2.49. The summed E-state index contributed by atoms with van der Waals surface area (Å²) in [6, 6.07) is 7.77. The van der Waals surface area contributed by atoms with Crippen LogP contribution in [0.4, 0.5) is 5.69 Å². The zero-order valence-electron chi connectivity index (χ0n) is 21.4. The summed E-state index contributed by atoms with van der Waals surface area (Å²) in [5.41, 5.74) is 1.99. The standard InChI is InChI=1S/C27H39N3O6/c1-3-20-7-9-22(10-8-20)29-24(32)12-15-35-17-18-36-16-13-28-23(31)11-14-30-26(33)19(2)25(27(30)34)21-5-4-6-21/h7-10,19,21,25H,3-6,11-18H2,1-2H3,(H,28,31)(H,29,32). The number of likely N-dealkylation sites (tertiary alicyclic amines) is 1. The Morgan fingerprint density at radius 1 is 0.944 bits per heavy atom. The molecule has 1 aliphatic heterocycles. The van der Waals surface area contributed by atoms with Crippen molar-refractivity contribution in [1.29, 1.82) is 0 Å². The van der Waals surface area contributed by atoms with Crippen LogP contribution in [0.3, 0.4) is 0 Å². The Labute approximate surface area is 213 Å². The molecule has 2 aliphatic rings. The van der Waals surface area contributed by atoms with Crippen LogP contribution in [0.25, 0.3) is 0 Å². The number of imide groups is 1. The molecule has 0 bridgehead atoms. The number of hydrogen-bond acceptors (Lipinski definition) is 6. The molecule has 2 N–H and O–H groups in total. The molecule has 1 heterocycles. The lowest BCUT2D eigenvalue weighted by molar-refractivity contribution is -0.140. The highest BCUT2D eigenvalue weighted by Crippen LogP contribution is 2.42. The molecule has 36 heavy (non-hydrogen) atoms. The second-order valence-corrected chi connectivity index (χ2v) is 9.51. The summed E-state index contributed by atoms with van der Waals surface area (Å²) in [4.78, 5) is 50.4. The quantitative estimate of drug-likeness (QED) is 0.282. The predicted octanol–water partition coefficient (Wildman–Crippen LogP) is 2.54. The lowest BCUT2D eigenvalue weighted by Gasteiger charge is -2.31. The first-order valence-corrected chi connectivity index (χ1v) is 13.1. The first-order valence-electron chi connectivity index (χ1n) is 13.1. The Morgan fingerprint density at radius 2 is 1.64 bits per heavy atom. The monoisotopic (exact) mass is 501 g/mol. The van der Waals surface area contributed by atoms with Crippen molar-refractivity contribution in [1.82, 2.24) is 10.2 Å². The molecule has 9 nitrogen and oxygen atoms in total. The highest BCUT2D eigenvalue weighted by molar-refractivity contribution is 6.05. The van der Waals surface area contributed by atoms with E-state index in [2.05, 4.69) is 17.6 Å². The van der Waals surface area contributed by atoms with Gasteiger partial charge < -0.3 is 20.1 Å². The maximum absolute atomic E-state index is 12.6. The zero-order valence-corrected chi connectivity index (χ0v) is 21.4. The number of hydrogen-bond donors (Lipinski definition) is 2. The Hall–Kier alpha value is -2.78. The summed E-state index contributed by atoms with van der Waals surface area (Å²) >= 11 is 0. The van der Waals surface area contributed by atoms with Crippen LogP contribution in [0, 0.1) is 17.8 Å². The molecule has 0 spiro atoms. The zero-order chi connectivity index (χ0) is 25.9. The molecular formula is C27H39N3O6. The van der Waals surface area contributed by atoms with Crippen LogP contribution in [-0.2, 0) is 35.1 Å². The number of nitrogens with one attached hydrogen (secondary N) is 2. The van der Waals surface area contributed by atoms with Gasteiger partial charge in [-0.25, -0.2) is 0 Å². The van der Waals surface area contributed by atoms with Crippen molar-refractivity contribution in [3.63, 3.8) is 0 Å². The minimum atomic E-state index is -0.284. The van der Waals surface area contributed by atoms with Gasteiger partial charge in [-0.1, -0.05) is 32.4 Å². The average molecular weight is 502 g/mol. The summed E-state index contributed by atoms with van der Waals surface area (Å²) in [5, 5.41) is 5.58. The topological polar surface area (TPSA) is 114 Å². The van der Waals surface area contributed by atoms with E-state index in [0.29, 0.717) is 38.9 Å². The largest absolute Gasteiger partial charge is 0.379 e. The third-order valence-corrected chi connectivity index (χ3v) is 7.03. The Kier molecular flexibility index (Phi) is 10.9. The van der Waals surface area contributed by atoms with E-state index in [-0.39, 0.29) is 54.9 Å². The first-order chi connectivity index (χ1) is 17.4. The number of aryl methyl sites for hydroxylation is 1. The SMILES string of the molecule is CCc1ccc(NC(=O)CCOCCOCCNC(=O)CCN2C(=O)C(C)C(C3CCC3)C2=O)cc1. The summed E-state index contributed by atoms with van der Waals surface area (Å²) in [5.74, 6) is -0.769. The third-order valence-electron chi connectivity index (χ3n) is 7.03. The fraction of sp³-hybridized carbons (Fsp3) is 0.630. The van der Waals surface area contributed by atoms with Gasteiger partial charge in [-0.3, -0.25) is 24.1 Å². The second kappa shape index (κ2) is 14.1. The number of rotatable bonds is 15. The van der Waals surface area contributed by atoms with Crippen LogP contribution in [0.2, 0.25) is 0 Å². The molecule has 2 unspecified atom stereocenters. The lowest BCUT2D eigenvalue weighted by atomic mass is 9.72. The Morgan fingerprint density at radius 3 is 2.28 bits per heavy atom. The molecule has 1 saturated heterocycles. The van der Waals surface area contributed by atoms with E-state index in [1.165, 1.54) is 10.5 Å². The normalized spacial score (nSPS) is 19.9. The van der Waals surface area contributed by atoms with E-state index in [4.69, 9.17) is 9.47 Å². The van der Waals surface area contributed by atoms with Gasteiger partial charge in [-0.2, -0.15) is 0 Å². The molecule has 2 fully saturated rings. The minimum Gasteiger partial charge on any atom is -0.379 e. The van der Waals surface area contributed by atoms with Crippen molar-refractivity contribution in [3.05, 3.63) is 29.8 Å². The van der Waals surface area contributed by atoms with E-state index in [1.54, 1.807) is 0 Å². The minimum absolute atomic E-state index is 0.0928. The van der Waals surface area contributed by atoms with Gasteiger partial charge in [0.2, 0.25) is 23.6 Å². The maximum atomic E-state index is 12.6. The van der Waals surface area contributed by atoms with Crippen molar-refractivity contribution in [2.24, 2.45) is 17.8 Å². The number of ether oxygens (including phenoxy) is 2. The molecule has 1 aromatic rings. The fourth-order valence-corrected chi connectivity index (χ4v) is 4.63. The smallest absolute Gasteiger partial charge is 0.233 e. The lowest BCUT2D eigenvalue weighted by Crippen LogP contribution is -2.37. The van der Waals surface area contributed by atoms with E-state index in [9.17, 15) is 19.2 Å². The van der Waals surface area contributed by atoms with Crippen molar-refractivity contribution in [2.75, 3.05) is 44.8 Å². The van der Waals surface area contributed by atoms with Crippen molar-refractivity contribution >= 4 is 29.3 Å². The van der Waals surface area contributed by atoms with Crippen LogP contribution in [0.5, 0.6) is 0 Å². The van der Waals surface area contributed by atoms with Gasteiger partial charge in [0.15, 0.2) is 0 Å². The molecule has 0 aromatic heterocycles. The van der Waals surface area contributed by atoms with Gasteiger partial charge in [-0.05, 0) is 42.9 Å². The molecule has 0 radical (unpaired) electrons. The van der Waals surface area contributed by atoms with Gasteiger partial charge in [0, 0.05) is 31.1 Å². The van der Waals surface area contributed by atoms with Gasteiger partial charge in [0.25, 0.3) is 0 Å². The Bertz CT molecular complexity index is 899. The van der Waals surface area contributed by atoms with Gasteiger partial charge in [-0.15, -0.1) is 0 Å². The van der Waals surface area contributed by atoms with E-state index in [1.807, 2.05) is 31.2 Å². The van der Waals surface area contributed by atoms with Crippen molar-refractivity contribution < 1.29 is 28.7 Å². The molecule has 1 aliphatic carbocycles. The number of amides is 4. The van der Waals surface area contributed by atoms with Crippen LogP contribution in [0.15, 0.2) is 24.3 Å². The molecule has 1 saturated carbocycles. The van der Waals surface area contributed by atoms with Crippen molar-refractivity contribution in [3.8, 4) is 0 Å². The van der Waals surface area contributed by atoms with Crippen LogP contribution < -0.4 is 10.6 Å². The molecule has 2 atom stereocenters. The molecule has 4 amide bonds. The number of carbonyl (C=O) groups excluding carboxylic acids is 4. The number of anilines is 1. The first kappa shape index (κ1) is 27.8. The number of benzene rings is 1. The van der Waals surface area contributed by atoms with Crippen molar-refractivity contribution in [2.45, 2.75) is 52.4 Å². The summed E-state index contributed by atoms with van der Waals surface area (Å²) in [7, 11) is 0. The van der Waals surface area contributed by atoms with Gasteiger partial charge in [0.05, 0.1) is 38.8 Å². The molecule has 3 rings (SSSR count). The molecular weight excluding hydrogens is 462 g/mol. The number of nitrogens with zero attached hydrogens (tertiary/aromatic N) is 1. The van der Waals surface area contributed by atoms with E-state index >= 15 is 0 Å². The number of carbonyl (C=O) groups is 4. The van der Waals surface area contributed by atoms with Gasteiger partial charge >= 0.3 is 0 Å². The molecule has 9 heteroatoms. The molecule has 198 valence electrons. The summed E-state index contributed by atoms with van der Waals surface area (Å²) < 4.78 is 10.9. The highest BCUT2D eigenvalue weighted by atomic mass is 16.5. The van der Waals surface area contributed by atoms with Crippen LogP contribution in [-0.4, -0.2) is 68.0 Å². The fourth-order valence-electron chi connectivity index (χ4n) is 4.63. The van der Waals surface area contributed by atoms with Crippen LogP contribution in [0.1, 0.15) is 51.5 Å². The molecule has 1 aromatic carbocycles. The van der Waals surface area contributed by atoms with Crippen LogP contribution >= 0.6 is 0 Å². The second-order valence-electron chi connectivity index (χ2n) is 9.51. The summed E-state index contributed by atoms with van der Waals surface area (Å²) in [6.45, 7) is 5.70. The van der Waals surface area contributed by atoms with Gasteiger partial charge in [0.1, 0.15) is 0 Å².